The molecule has 0 aliphatic carbocycles. The Balaban J connectivity index is 1.95. The van der Waals surface area contributed by atoms with E-state index in [2.05, 4.69) is 4.72 Å². The first kappa shape index (κ1) is 15.8. The highest BCUT2D eigenvalue weighted by Crippen LogP contribution is 2.26. The Labute approximate surface area is 139 Å². The van der Waals surface area contributed by atoms with E-state index in [1.165, 1.54) is 12.1 Å². The predicted molar refractivity (Wildman–Crippen MR) is 89.4 cm³/mol. The smallest absolute Gasteiger partial charge is 0.263 e. The van der Waals surface area contributed by atoms with Crippen molar-refractivity contribution in [2.75, 3.05) is 18.3 Å². The number of nitrogens with zero attached hydrogens (tertiary/aromatic N) is 1. The Morgan fingerprint density at radius 1 is 1.17 bits per heavy atom. The van der Waals surface area contributed by atoms with Crippen LogP contribution in [-0.4, -0.2) is 32.8 Å². The van der Waals surface area contributed by atoms with Gasteiger partial charge in [0.15, 0.2) is 0 Å². The third-order valence-electron chi connectivity index (χ3n) is 3.78. The van der Waals surface area contributed by atoms with Crippen LogP contribution in [0, 0.1) is 0 Å². The van der Waals surface area contributed by atoms with Crippen LogP contribution in [0.1, 0.15) is 15.9 Å². The molecular weight excluding hydrogens is 336 g/mol. The van der Waals surface area contributed by atoms with Crippen molar-refractivity contribution < 1.29 is 13.2 Å². The summed E-state index contributed by atoms with van der Waals surface area (Å²) in [6.45, 7) is 0.663. The van der Waals surface area contributed by atoms with Crippen LogP contribution in [0.25, 0.3) is 0 Å². The number of hydrogen-bond donors (Lipinski definition) is 1. The number of fused-ring (bicyclic) bond motifs is 1. The van der Waals surface area contributed by atoms with Gasteiger partial charge in [-0.2, -0.15) is 0 Å². The minimum absolute atomic E-state index is 0.00262. The molecule has 1 amide bonds. The number of carbonyl (C=O) groups is 1. The summed E-state index contributed by atoms with van der Waals surface area (Å²) in [5.41, 5.74) is 1.79. The molecule has 3 rings (SSSR count). The first-order valence-electron chi connectivity index (χ1n) is 7.04. The summed E-state index contributed by atoms with van der Waals surface area (Å²) in [5, 5.41) is 0.147. The molecule has 120 valence electrons. The molecule has 1 heterocycles. The van der Waals surface area contributed by atoms with Gasteiger partial charge in [0.1, 0.15) is 4.90 Å². The predicted octanol–water partition coefficient (Wildman–Crippen LogP) is 2.77. The van der Waals surface area contributed by atoms with E-state index in [4.69, 9.17) is 11.6 Å². The zero-order valence-corrected chi connectivity index (χ0v) is 14.0. The summed E-state index contributed by atoms with van der Waals surface area (Å²) < 4.78 is 27.4. The fourth-order valence-corrected chi connectivity index (χ4v) is 4.10. The molecule has 0 atom stereocenters. The maximum Gasteiger partial charge on any atom is 0.263 e. The van der Waals surface area contributed by atoms with Crippen LogP contribution < -0.4 is 4.72 Å². The fourth-order valence-electron chi connectivity index (χ4n) is 2.53. The van der Waals surface area contributed by atoms with Gasteiger partial charge >= 0.3 is 0 Å². The summed E-state index contributed by atoms with van der Waals surface area (Å²) in [5.74, 6) is -0.106. The van der Waals surface area contributed by atoms with Crippen LogP contribution in [0.15, 0.2) is 47.4 Å². The molecule has 0 saturated carbocycles. The molecule has 0 fully saturated rings. The van der Waals surface area contributed by atoms with E-state index in [1.807, 2.05) is 0 Å². The average molecular weight is 351 g/mol. The first-order valence-corrected chi connectivity index (χ1v) is 8.90. The molecule has 2 aromatic carbocycles. The molecule has 1 aliphatic rings. The third kappa shape index (κ3) is 3.04. The fraction of sp³-hybridized carbons (Fsp3) is 0.188. The van der Waals surface area contributed by atoms with Gasteiger partial charge in [-0.1, -0.05) is 29.8 Å². The number of benzene rings is 2. The lowest BCUT2D eigenvalue weighted by Crippen LogP contribution is -2.34. The molecule has 5 nitrogen and oxygen atoms in total. The number of likely N-dealkylation sites (N-methyl/N-ethyl adjacent to an activating group) is 1. The largest absolute Gasteiger partial charge is 0.341 e. The number of halogens is 1. The van der Waals surface area contributed by atoms with Gasteiger partial charge in [0.2, 0.25) is 0 Å². The molecule has 23 heavy (non-hydrogen) atoms. The Hall–Kier alpha value is -2.05. The summed E-state index contributed by atoms with van der Waals surface area (Å²) in [6.07, 6.45) is 0.759. The van der Waals surface area contributed by atoms with Crippen LogP contribution >= 0.6 is 11.6 Å². The average Bonchev–Trinajstić information content (AvgIpc) is 2.51. The zero-order valence-electron chi connectivity index (χ0n) is 12.4. The number of hydrogen-bond acceptors (Lipinski definition) is 3. The van der Waals surface area contributed by atoms with Crippen molar-refractivity contribution in [3.8, 4) is 0 Å². The quantitative estimate of drug-likeness (QED) is 0.925. The number of carbonyl (C=O) groups excluding carboxylic acids is 1. The molecule has 0 unspecified atom stereocenters. The number of amides is 1. The van der Waals surface area contributed by atoms with Crippen molar-refractivity contribution in [3.63, 3.8) is 0 Å². The molecule has 0 radical (unpaired) electrons. The second-order valence-corrected chi connectivity index (χ2v) is 7.44. The van der Waals surface area contributed by atoms with Gasteiger partial charge in [-0.3, -0.25) is 9.52 Å². The van der Waals surface area contributed by atoms with E-state index in [9.17, 15) is 13.2 Å². The third-order valence-corrected chi connectivity index (χ3v) is 5.66. The Morgan fingerprint density at radius 2 is 1.91 bits per heavy atom. The van der Waals surface area contributed by atoms with E-state index in [0.717, 1.165) is 12.0 Å². The van der Waals surface area contributed by atoms with E-state index in [-0.39, 0.29) is 15.8 Å². The molecule has 2 aromatic rings. The first-order chi connectivity index (χ1) is 10.9. The SMILES string of the molecule is CN1CCc2ccc(NS(=O)(=O)c3ccccc3Cl)cc2C1=O. The van der Waals surface area contributed by atoms with Crippen LogP contribution in [-0.2, 0) is 16.4 Å². The Kier molecular flexibility index (Phi) is 4.04. The minimum atomic E-state index is -3.81. The van der Waals surface area contributed by atoms with Crippen molar-refractivity contribution in [3.05, 3.63) is 58.6 Å². The maximum atomic E-state index is 12.4. The molecule has 0 spiro atoms. The number of rotatable bonds is 3. The Bertz CT molecular complexity index is 881. The molecule has 1 aliphatic heterocycles. The number of sulfonamides is 1. The molecule has 0 aromatic heterocycles. The van der Waals surface area contributed by atoms with E-state index >= 15 is 0 Å². The van der Waals surface area contributed by atoms with Gasteiger partial charge < -0.3 is 4.90 Å². The second-order valence-electron chi connectivity index (χ2n) is 5.38. The van der Waals surface area contributed by atoms with Crippen molar-refractivity contribution >= 4 is 33.2 Å². The van der Waals surface area contributed by atoms with Gasteiger partial charge in [0, 0.05) is 24.8 Å². The maximum absolute atomic E-state index is 12.4. The molecule has 7 heteroatoms. The molecular formula is C16H15ClN2O3S. The van der Waals surface area contributed by atoms with Gasteiger partial charge in [-0.05, 0) is 36.2 Å². The lowest BCUT2D eigenvalue weighted by atomic mass is 9.99. The van der Waals surface area contributed by atoms with Gasteiger partial charge in [0.05, 0.1) is 5.02 Å². The van der Waals surface area contributed by atoms with E-state index < -0.39 is 10.0 Å². The topological polar surface area (TPSA) is 66.5 Å². The van der Waals surface area contributed by atoms with E-state index in [1.54, 1.807) is 42.3 Å². The monoisotopic (exact) mass is 350 g/mol. The normalized spacial score (nSPS) is 14.5. The summed E-state index contributed by atoms with van der Waals surface area (Å²) >= 11 is 5.95. The molecule has 0 bridgehead atoms. The van der Waals surface area contributed by atoms with Gasteiger partial charge in [-0.15, -0.1) is 0 Å². The summed E-state index contributed by atoms with van der Waals surface area (Å²) in [6, 6.07) is 11.2. The second kappa shape index (κ2) is 5.86. The van der Waals surface area contributed by atoms with Gasteiger partial charge in [-0.25, -0.2) is 8.42 Å². The van der Waals surface area contributed by atoms with Crippen LogP contribution in [0.2, 0.25) is 5.02 Å². The zero-order chi connectivity index (χ0) is 16.6. The highest BCUT2D eigenvalue weighted by molar-refractivity contribution is 7.92. The standard InChI is InChI=1S/C16H15ClN2O3S/c1-19-9-8-11-6-7-12(10-13(11)16(19)20)18-23(21,22)15-5-3-2-4-14(15)17/h2-7,10,18H,8-9H2,1H3. The highest BCUT2D eigenvalue weighted by Gasteiger charge is 2.23. The highest BCUT2D eigenvalue weighted by atomic mass is 35.5. The lowest BCUT2D eigenvalue weighted by molar-refractivity contribution is 0.0781. The lowest BCUT2D eigenvalue weighted by Gasteiger charge is -2.25. The van der Waals surface area contributed by atoms with Crippen molar-refractivity contribution in [2.24, 2.45) is 0 Å². The Morgan fingerprint density at radius 3 is 2.65 bits per heavy atom. The van der Waals surface area contributed by atoms with Crippen LogP contribution in [0.5, 0.6) is 0 Å². The number of nitrogens with one attached hydrogen (secondary N) is 1. The van der Waals surface area contributed by atoms with Crippen molar-refractivity contribution in [1.82, 2.24) is 4.90 Å². The molecule has 1 N–H and O–H groups in total. The van der Waals surface area contributed by atoms with Crippen molar-refractivity contribution in [1.29, 1.82) is 0 Å². The molecule has 0 saturated heterocycles. The number of anilines is 1. The van der Waals surface area contributed by atoms with E-state index in [0.29, 0.717) is 17.8 Å². The van der Waals surface area contributed by atoms with Crippen molar-refractivity contribution in [2.45, 2.75) is 11.3 Å². The summed E-state index contributed by atoms with van der Waals surface area (Å²) in [7, 11) is -2.08. The minimum Gasteiger partial charge on any atom is -0.341 e. The summed E-state index contributed by atoms with van der Waals surface area (Å²) in [4.78, 5) is 13.8. The van der Waals surface area contributed by atoms with Crippen LogP contribution in [0.3, 0.4) is 0 Å². The van der Waals surface area contributed by atoms with Gasteiger partial charge in [0.25, 0.3) is 15.9 Å². The van der Waals surface area contributed by atoms with Crippen LogP contribution in [0.4, 0.5) is 5.69 Å².